The van der Waals surface area contributed by atoms with Crippen LogP contribution in [0.2, 0.25) is 0 Å². The van der Waals surface area contributed by atoms with Crippen molar-refractivity contribution in [3.8, 4) is 5.75 Å². The maximum absolute atomic E-state index is 12.6. The predicted molar refractivity (Wildman–Crippen MR) is 120 cm³/mol. The van der Waals surface area contributed by atoms with Gasteiger partial charge in [-0.05, 0) is 37.3 Å². The van der Waals surface area contributed by atoms with Gasteiger partial charge in [0.1, 0.15) is 11.3 Å². The van der Waals surface area contributed by atoms with Crippen LogP contribution >= 0.6 is 0 Å². The summed E-state index contributed by atoms with van der Waals surface area (Å²) in [5.41, 5.74) is 2.58. The highest BCUT2D eigenvalue weighted by atomic mass is 16.5. The molecule has 0 unspecified atom stereocenters. The zero-order chi connectivity index (χ0) is 21.8. The van der Waals surface area contributed by atoms with Crippen LogP contribution in [0.25, 0.3) is 11.0 Å². The lowest BCUT2D eigenvalue weighted by molar-refractivity contribution is -0.131. The van der Waals surface area contributed by atoms with Gasteiger partial charge in [0.05, 0.1) is 7.11 Å². The van der Waals surface area contributed by atoms with Crippen LogP contribution < -0.4 is 15.0 Å². The second kappa shape index (κ2) is 9.12. The van der Waals surface area contributed by atoms with E-state index in [2.05, 4.69) is 22.3 Å². The fourth-order valence-corrected chi connectivity index (χ4v) is 3.92. The average Bonchev–Trinajstić information content (AvgIpc) is 3.15. The van der Waals surface area contributed by atoms with E-state index in [0.717, 1.165) is 24.0 Å². The first kappa shape index (κ1) is 20.8. The molecule has 7 nitrogen and oxygen atoms in total. The molecular formula is C24H27N3O4. The number of carbonyl (C=O) groups excluding carboxylic acids is 2. The minimum absolute atomic E-state index is 0.0547. The first-order valence-electron chi connectivity index (χ1n) is 10.5. The summed E-state index contributed by atoms with van der Waals surface area (Å²) < 4.78 is 11.0. The molecule has 1 N–H and O–H groups in total. The molecule has 31 heavy (non-hydrogen) atoms. The minimum Gasteiger partial charge on any atom is -0.497 e. The van der Waals surface area contributed by atoms with Gasteiger partial charge in [0.2, 0.25) is 5.91 Å². The number of aryl methyl sites for hydroxylation is 1. The van der Waals surface area contributed by atoms with E-state index in [-0.39, 0.29) is 30.5 Å². The van der Waals surface area contributed by atoms with Crippen LogP contribution in [-0.2, 0) is 4.79 Å². The minimum atomic E-state index is -0.311. The van der Waals surface area contributed by atoms with Crippen molar-refractivity contribution in [1.29, 1.82) is 0 Å². The SMILES string of the molecule is COc1ccc2oc(C(=O)NCCC(=O)N3CCN(c4ccccc4)CC3)c(C)c2c1. The van der Waals surface area contributed by atoms with Crippen LogP contribution in [0, 0.1) is 6.92 Å². The number of ether oxygens (including phenoxy) is 1. The molecule has 2 aromatic carbocycles. The fraction of sp³-hybridized carbons (Fsp3) is 0.333. The van der Waals surface area contributed by atoms with E-state index in [9.17, 15) is 9.59 Å². The number of fused-ring (bicyclic) bond motifs is 1. The first-order chi connectivity index (χ1) is 15.1. The number of anilines is 1. The van der Waals surface area contributed by atoms with Crippen molar-refractivity contribution in [2.45, 2.75) is 13.3 Å². The topological polar surface area (TPSA) is 75.0 Å². The van der Waals surface area contributed by atoms with Crippen molar-refractivity contribution in [3.63, 3.8) is 0 Å². The van der Waals surface area contributed by atoms with Crippen LogP contribution in [0.15, 0.2) is 52.9 Å². The molecule has 1 fully saturated rings. The number of piperazine rings is 1. The molecule has 0 radical (unpaired) electrons. The normalized spacial score (nSPS) is 14.0. The number of amides is 2. The Kier molecular flexibility index (Phi) is 6.11. The Morgan fingerprint density at radius 2 is 1.81 bits per heavy atom. The molecule has 0 aliphatic carbocycles. The predicted octanol–water partition coefficient (Wildman–Crippen LogP) is 3.22. The Hall–Kier alpha value is -3.48. The monoisotopic (exact) mass is 421 g/mol. The highest BCUT2D eigenvalue weighted by Crippen LogP contribution is 2.28. The lowest BCUT2D eigenvalue weighted by Crippen LogP contribution is -2.49. The van der Waals surface area contributed by atoms with Crippen LogP contribution in [0.1, 0.15) is 22.5 Å². The largest absolute Gasteiger partial charge is 0.497 e. The lowest BCUT2D eigenvalue weighted by Gasteiger charge is -2.36. The summed E-state index contributed by atoms with van der Waals surface area (Å²) in [6.07, 6.45) is 0.268. The molecule has 7 heteroatoms. The van der Waals surface area contributed by atoms with Crippen molar-refractivity contribution in [3.05, 3.63) is 59.9 Å². The van der Waals surface area contributed by atoms with Crippen LogP contribution in [0.3, 0.4) is 0 Å². The molecule has 2 amide bonds. The van der Waals surface area contributed by atoms with E-state index in [4.69, 9.17) is 9.15 Å². The summed E-state index contributed by atoms with van der Waals surface area (Å²) in [7, 11) is 1.60. The number of nitrogens with one attached hydrogen (secondary N) is 1. The van der Waals surface area contributed by atoms with Crippen LogP contribution in [0.4, 0.5) is 5.69 Å². The Balaban J connectivity index is 1.27. The summed E-state index contributed by atoms with van der Waals surface area (Å²) in [5, 5.41) is 3.66. The smallest absolute Gasteiger partial charge is 0.287 e. The second-order valence-corrected chi connectivity index (χ2v) is 7.63. The zero-order valence-corrected chi connectivity index (χ0v) is 17.9. The molecule has 162 valence electrons. The van der Waals surface area contributed by atoms with Gasteiger partial charge in [-0.15, -0.1) is 0 Å². The van der Waals surface area contributed by atoms with E-state index in [1.807, 2.05) is 36.1 Å². The van der Waals surface area contributed by atoms with E-state index < -0.39 is 0 Å². The van der Waals surface area contributed by atoms with Gasteiger partial charge in [-0.25, -0.2) is 0 Å². The van der Waals surface area contributed by atoms with Gasteiger partial charge >= 0.3 is 0 Å². The van der Waals surface area contributed by atoms with Crippen molar-refractivity contribution >= 4 is 28.5 Å². The molecule has 1 aromatic heterocycles. The summed E-state index contributed by atoms with van der Waals surface area (Å²) in [5.74, 6) is 0.724. The van der Waals surface area contributed by atoms with Gasteiger partial charge in [-0.2, -0.15) is 0 Å². The standard InChI is InChI=1S/C24H27N3O4/c1-17-20-16-19(30-2)8-9-21(20)31-23(17)24(29)25-11-10-22(28)27-14-12-26(13-15-27)18-6-4-3-5-7-18/h3-9,16H,10-15H2,1-2H3,(H,25,29). The number of furan rings is 1. The third kappa shape index (κ3) is 4.50. The third-order valence-electron chi connectivity index (χ3n) is 5.73. The van der Waals surface area contributed by atoms with E-state index in [1.54, 1.807) is 19.2 Å². The maximum Gasteiger partial charge on any atom is 0.287 e. The molecule has 0 saturated carbocycles. The van der Waals surface area contributed by atoms with Gasteiger partial charge in [0, 0.05) is 55.8 Å². The second-order valence-electron chi connectivity index (χ2n) is 7.63. The van der Waals surface area contributed by atoms with E-state index in [1.165, 1.54) is 5.69 Å². The molecule has 3 aromatic rings. The van der Waals surface area contributed by atoms with Gasteiger partial charge in [0.15, 0.2) is 5.76 Å². The van der Waals surface area contributed by atoms with Gasteiger partial charge in [0.25, 0.3) is 5.91 Å². The Labute approximate surface area is 181 Å². The zero-order valence-electron chi connectivity index (χ0n) is 17.9. The average molecular weight is 421 g/mol. The Morgan fingerprint density at radius 3 is 2.52 bits per heavy atom. The maximum atomic E-state index is 12.6. The molecule has 0 atom stereocenters. The number of methoxy groups -OCH3 is 1. The van der Waals surface area contributed by atoms with E-state index in [0.29, 0.717) is 24.4 Å². The fourth-order valence-electron chi connectivity index (χ4n) is 3.92. The van der Waals surface area contributed by atoms with Crippen LogP contribution in [0.5, 0.6) is 5.75 Å². The summed E-state index contributed by atoms with van der Waals surface area (Å²) >= 11 is 0. The molecule has 2 heterocycles. The molecule has 1 saturated heterocycles. The van der Waals surface area contributed by atoms with Crippen molar-refractivity contribution in [1.82, 2.24) is 10.2 Å². The summed E-state index contributed by atoms with van der Waals surface area (Å²) in [6, 6.07) is 15.7. The van der Waals surface area contributed by atoms with Gasteiger partial charge < -0.3 is 24.3 Å². The number of carbonyl (C=O) groups is 2. The molecule has 0 spiro atoms. The summed E-state index contributed by atoms with van der Waals surface area (Å²) in [6.45, 7) is 5.11. The summed E-state index contributed by atoms with van der Waals surface area (Å²) in [4.78, 5) is 29.3. The quantitative estimate of drug-likeness (QED) is 0.662. The van der Waals surface area contributed by atoms with E-state index >= 15 is 0 Å². The first-order valence-corrected chi connectivity index (χ1v) is 10.5. The molecule has 4 rings (SSSR count). The third-order valence-corrected chi connectivity index (χ3v) is 5.73. The number of benzene rings is 2. The number of nitrogens with zero attached hydrogens (tertiary/aromatic N) is 2. The van der Waals surface area contributed by atoms with Crippen LogP contribution in [-0.4, -0.2) is 56.5 Å². The Morgan fingerprint density at radius 1 is 1.06 bits per heavy atom. The number of rotatable bonds is 6. The molecular weight excluding hydrogens is 394 g/mol. The van der Waals surface area contributed by atoms with Crippen molar-refractivity contribution in [2.24, 2.45) is 0 Å². The number of para-hydroxylation sites is 1. The number of hydrogen-bond acceptors (Lipinski definition) is 5. The highest BCUT2D eigenvalue weighted by Gasteiger charge is 2.22. The lowest BCUT2D eigenvalue weighted by atomic mass is 10.1. The van der Waals surface area contributed by atoms with Crippen molar-refractivity contribution in [2.75, 3.05) is 44.7 Å². The van der Waals surface area contributed by atoms with Gasteiger partial charge in [-0.1, -0.05) is 18.2 Å². The molecule has 0 bridgehead atoms. The highest BCUT2D eigenvalue weighted by molar-refractivity contribution is 5.99. The molecule has 1 aliphatic rings. The number of hydrogen-bond donors (Lipinski definition) is 1. The Bertz CT molecular complexity index is 1070. The van der Waals surface area contributed by atoms with Gasteiger partial charge in [-0.3, -0.25) is 9.59 Å². The van der Waals surface area contributed by atoms with Crippen molar-refractivity contribution < 1.29 is 18.7 Å². The molecule has 1 aliphatic heterocycles.